The number of hydrogen-bond acceptors (Lipinski definition) is 4. The lowest BCUT2D eigenvalue weighted by atomic mass is 10.1. The Morgan fingerprint density at radius 1 is 0.867 bits per heavy atom. The van der Waals surface area contributed by atoms with E-state index in [1.54, 1.807) is 6.07 Å². The Kier molecular flexibility index (Phi) is 7.07. The maximum atomic E-state index is 13.6. The molecule has 0 aliphatic heterocycles. The fourth-order valence-electron chi connectivity index (χ4n) is 2.60. The van der Waals surface area contributed by atoms with Gasteiger partial charge in [-0.1, -0.05) is 60.7 Å². The summed E-state index contributed by atoms with van der Waals surface area (Å²) in [6.07, 6.45) is 0. The topological polar surface area (TPSA) is 79.5 Å². The molecule has 2 amide bonds. The highest BCUT2D eigenvalue weighted by Crippen LogP contribution is 2.29. The maximum Gasteiger partial charge on any atom is 0.276 e. The van der Waals surface area contributed by atoms with Gasteiger partial charge in [-0.15, -0.1) is 0 Å². The zero-order chi connectivity index (χ0) is 21.3. The van der Waals surface area contributed by atoms with Crippen molar-refractivity contribution >= 4 is 29.1 Å². The van der Waals surface area contributed by atoms with Crippen molar-refractivity contribution in [3.8, 4) is 16.9 Å². The van der Waals surface area contributed by atoms with E-state index in [1.165, 1.54) is 18.2 Å². The molecule has 0 fully saturated rings. The van der Waals surface area contributed by atoms with Crippen molar-refractivity contribution < 1.29 is 18.7 Å². The Labute approximate surface area is 178 Å². The predicted octanol–water partition coefficient (Wildman–Crippen LogP) is 3.21. The minimum Gasteiger partial charge on any atom is -0.483 e. The molecule has 3 aromatic rings. The molecule has 6 nitrogen and oxygen atoms in total. The van der Waals surface area contributed by atoms with Crippen LogP contribution in [0.2, 0.25) is 0 Å². The van der Waals surface area contributed by atoms with Gasteiger partial charge in [-0.2, -0.15) is 0 Å². The molecule has 0 heterocycles. The van der Waals surface area contributed by atoms with Crippen LogP contribution in [0.15, 0.2) is 78.9 Å². The average molecular weight is 423 g/mol. The number of rotatable bonds is 5. The van der Waals surface area contributed by atoms with E-state index in [1.807, 2.05) is 48.5 Å². The zero-order valence-electron chi connectivity index (χ0n) is 15.7. The summed E-state index contributed by atoms with van der Waals surface area (Å²) in [5.74, 6) is -1.37. The third-order valence-corrected chi connectivity index (χ3v) is 4.20. The number of thiocarbonyl (C=S) groups is 1. The largest absolute Gasteiger partial charge is 0.483 e. The summed E-state index contributed by atoms with van der Waals surface area (Å²) >= 11 is 4.93. The number of carbonyl (C=O) groups excluding carboxylic acids is 2. The number of ether oxygens (including phenoxy) is 1. The fraction of sp³-hybridized carbons (Fsp3) is 0.0455. The Hall–Kier alpha value is -3.78. The molecule has 3 N–H and O–H groups in total. The molecule has 152 valence electrons. The van der Waals surface area contributed by atoms with Gasteiger partial charge in [-0.3, -0.25) is 25.8 Å². The van der Waals surface area contributed by atoms with Crippen LogP contribution < -0.4 is 20.9 Å². The molecular weight excluding hydrogens is 405 g/mol. The summed E-state index contributed by atoms with van der Waals surface area (Å²) in [7, 11) is 0. The van der Waals surface area contributed by atoms with Gasteiger partial charge in [0.05, 0.1) is 5.56 Å². The number of halogens is 1. The molecule has 0 unspecified atom stereocenters. The van der Waals surface area contributed by atoms with Crippen LogP contribution in [0.3, 0.4) is 0 Å². The molecule has 3 rings (SSSR count). The normalized spacial score (nSPS) is 10.0. The number of nitrogens with one attached hydrogen (secondary N) is 3. The van der Waals surface area contributed by atoms with E-state index < -0.39 is 17.6 Å². The molecule has 0 aliphatic rings. The summed E-state index contributed by atoms with van der Waals surface area (Å²) in [6.45, 7) is -0.277. The van der Waals surface area contributed by atoms with Crippen LogP contribution in [0.25, 0.3) is 11.1 Å². The van der Waals surface area contributed by atoms with Gasteiger partial charge in [-0.25, -0.2) is 4.39 Å². The van der Waals surface area contributed by atoms with Gasteiger partial charge in [0, 0.05) is 5.56 Å². The number of amides is 2. The van der Waals surface area contributed by atoms with Gasteiger partial charge >= 0.3 is 0 Å². The van der Waals surface area contributed by atoms with Crippen LogP contribution in [-0.4, -0.2) is 23.5 Å². The van der Waals surface area contributed by atoms with E-state index in [0.717, 1.165) is 17.2 Å². The van der Waals surface area contributed by atoms with Crippen molar-refractivity contribution in [1.82, 2.24) is 16.2 Å². The Morgan fingerprint density at radius 3 is 2.30 bits per heavy atom. The second-order valence-corrected chi connectivity index (χ2v) is 6.50. The van der Waals surface area contributed by atoms with Gasteiger partial charge in [0.1, 0.15) is 11.6 Å². The number of carbonyl (C=O) groups is 2. The summed E-state index contributed by atoms with van der Waals surface area (Å²) in [4.78, 5) is 24.0. The van der Waals surface area contributed by atoms with E-state index in [2.05, 4.69) is 16.2 Å². The van der Waals surface area contributed by atoms with E-state index in [0.29, 0.717) is 5.75 Å². The minimum atomic E-state index is -0.729. The summed E-state index contributed by atoms with van der Waals surface area (Å²) < 4.78 is 19.2. The quantitative estimate of drug-likeness (QED) is 0.434. The first kappa shape index (κ1) is 20.9. The zero-order valence-corrected chi connectivity index (χ0v) is 16.5. The van der Waals surface area contributed by atoms with E-state index in [9.17, 15) is 14.0 Å². The van der Waals surface area contributed by atoms with Gasteiger partial charge in [0.15, 0.2) is 11.7 Å². The van der Waals surface area contributed by atoms with Gasteiger partial charge in [0.2, 0.25) is 0 Å². The highest BCUT2D eigenvalue weighted by molar-refractivity contribution is 7.80. The first-order chi connectivity index (χ1) is 14.5. The number of benzene rings is 3. The van der Waals surface area contributed by atoms with Crippen LogP contribution in [0, 0.1) is 5.82 Å². The Balaban J connectivity index is 1.50. The molecule has 30 heavy (non-hydrogen) atoms. The van der Waals surface area contributed by atoms with Crippen LogP contribution in [0.5, 0.6) is 5.75 Å². The van der Waals surface area contributed by atoms with Crippen LogP contribution >= 0.6 is 12.2 Å². The second kappa shape index (κ2) is 10.1. The standard InChI is InChI=1S/C22H18FN3O3S/c23-18-12-6-4-11-17(18)21(28)24-22(30)26-25-20(27)14-29-19-13-7-5-10-16(19)15-8-2-1-3-9-15/h1-13H,14H2,(H,25,27)(H2,24,26,28,30). The Morgan fingerprint density at radius 2 is 1.53 bits per heavy atom. The van der Waals surface area contributed by atoms with E-state index in [4.69, 9.17) is 17.0 Å². The first-order valence-electron chi connectivity index (χ1n) is 8.96. The third-order valence-electron chi connectivity index (χ3n) is 3.99. The van der Waals surface area contributed by atoms with Crippen LogP contribution in [0.4, 0.5) is 4.39 Å². The van der Waals surface area contributed by atoms with Crippen LogP contribution in [0.1, 0.15) is 10.4 Å². The van der Waals surface area contributed by atoms with Gasteiger partial charge in [0.25, 0.3) is 11.8 Å². The third kappa shape index (κ3) is 5.62. The molecule has 0 aromatic heterocycles. The monoisotopic (exact) mass is 423 g/mol. The first-order valence-corrected chi connectivity index (χ1v) is 9.37. The highest BCUT2D eigenvalue weighted by Gasteiger charge is 2.13. The molecule has 0 aliphatic carbocycles. The average Bonchev–Trinajstić information content (AvgIpc) is 2.77. The van der Waals surface area contributed by atoms with Crippen molar-refractivity contribution in [2.45, 2.75) is 0 Å². The second-order valence-electron chi connectivity index (χ2n) is 6.09. The molecule has 3 aromatic carbocycles. The number of hydrazine groups is 1. The fourth-order valence-corrected chi connectivity index (χ4v) is 2.75. The molecule has 0 bridgehead atoms. The molecule has 0 radical (unpaired) electrons. The lowest BCUT2D eigenvalue weighted by Gasteiger charge is -2.13. The van der Waals surface area contributed by atoms with Gasteiger partial charge in [-0.05, 0) is 36.0 Å². The lowest BCUT2D eigenvalue weighted by Crippen LogP contribution is -2.49. The smallest absolute Gasteiger partial charge is 0.276 e. The van der Waals surface area contributed by atoms with Gasteiger partial charge < -0.3 is 4.74 Å². The van der Waals surface area contributed by atoms with Crippen molar-refractivity contribution in [2.24, 2.45) is 0 Å². The Bertz CT molecular complexity index is 1060. The van der Waals surface area contributed by atoms with Crippen molar-refractivity contribution in [1.29, 1.82) is 0 Å². The van der Waals surface area contributed by atoms with Crippen molar-refractivity contribution in [3.05, 3.63) is 90.2 Å². The summed E-state index contributed by atoms with van der Waals surface area (Å²) in [5, 5.41) is 2.10. The molecule has 8 heteroatoms. The van der Waals surface area contributed by atoms with E-state index in [-0.39, 0.29) is 17.3 Å². The highest BCUT2D eigenvalue weighted by atomic mass is 32.1. The van der Waals surface area contributed by atoms with Crippen molar-refractivity contribution in [2.75, 3.05) is 6.61 Å². The number of para-hydroxylation sites is 1. The molecular formula is C22H18FN3O3S. The maximum absolute atomic E-state index is 13.6. The summed E-state index contributed by atoms with van der Waals surface area (Å²) in [6, 6.07) is 22.5. The molecule has 0 saturated heterocycles. The SMILES string of the molecule is O=C(COc1ccccc1-c1ccccc1)NNC(=S)NC(=O)c1ccccc1F. The minimum absolute atomic E-state index is 0.158. The van der Waals surface area contributed by atoms with E-state index >= 15 is 0 Å². The molecule has 0 atom stereocenters. The predicted molar refractivity (Wildman–Crippen MR) is 115 cm³/mol. The number of hydrogen-bond donors (Lipinski definition) is 3. The molecule has 0 spiro atoms. The lowest BCUT2D eigenvalue weighted by molar-refractivity contribution is -0.123. The molecule has 0 saturated carbocycles. The summed E-state index contributed by atoms with van der Waals surface area (Å²) in [5.41, 5.74) is 6.36. The van der Waals surface area contributed by atoms with Crippen molar-refractivity contribution in [3.63, 3.8) is 0 Å². The van der Waals surface area contributed by atoms with Crippen LogP contribution in [-0.2, 0) is 4.79 Å².